The number of hydrogen-bond donors (Lipinski definition) is 1. The molecule has 2 aromatic rings. The highest BCUT2D eigenvalue weighted by molar-refractivity contribution is 6.30. The molecule has 0 aliphatic carbocycles. The fourth-order valence-electron chi connectivity index (χ4n) is 2.48. The Hall–Kier alpha value is -1.38. The summed E-state index contributed by atoms with van der Waals surface area (Å²) in [6, 6.07) is 12.7. The van der Waals surface area contributed by atoms with E-state index >= 15 is 0 Å². The van der Waals surface area contributed by atoms with Gasteiger partial charge < -0.3 is 5.32 Å². The number of pyridine rings is 1. The van der Waals surface area contributed by atoms with Crippen molar-refractivity contribution in [1.29, 1.82) is 0 Å². The molecule has 0 fully saturated rings. The van der Waals surface area contributed by atoms with E-state index in [1.54, 1.807) is 0 Å². The second kappa shape index (κ2) is 6.87. The number of nitrogens with zero attached hydrogens (tertiary/aromatic N) is 1. The van der Waals surface area contributed by atoms with Crippen LogP contribution in [0.1, 0.15) is 35.5 Å². The second-order valence-corrected chi connectivity index (χ2v) is 5.56. The van der Waals surface area contributed by atoms with Gasteiger partial charge in [0.15, 0.2) is 0 Å². The predicted octanol–water partition coefficient (Wildman–Crippen LogP) is 4.25. The number of rotatable bonds is 5. The lowest BCUT2D eigenvalue weighted by Crippen LogP contribution is -2.23. The molecule has 0 amide bonds. The zero-order chi connectivity index (χ0) is 14.5. The van der Waals surface area contributed by atoms with E-state index in [2.05, 4.69) is 41.5 Å². The van der Waals surface area contributed by atoms with E-state index in [9.17, 15) is 0 Å². The number of benzene rings is 1. The minimum Gasteiger partial charge on any atom is -0.310 e. The van der Waals surface area contributed by atoms with Crippen LogP contribution in [0, 0.1) is 13.8 Å². The molecule has 3 heteroatoms. The van der Waals surface area contributed by atoms with E-state index in [4.69, 9.17) is 11.6 Å². The van der Waals surface area contributed by atoms with Crippen molar-refractivity contribution in [3.63, 3.8) is 0 Å². The van der Waals surface area contributed by atoms with Crippen molar-refractivity contribution in [3.05, 3.63) is 63.9 Å². The normalized spacial score (nSPS) is 12.4. The van der Waals surface area contributed by atoms with Crippen LogP contribution >= 0.6 is 11.6 Å². The number of likely N-dealkylation sites (N-methyl/N-ethyl adjacent to an activating group) is 1. The minimum absolute atomic E-state index is 0.307. The Morgan fingerprint density at radius 2 is 1.70 bits per heavy atom. The Morgan fingerprint density at radius 3 is 2.25 bits per heavy atom. The van der Waals surface area contributed by atoms with Gasteiger partial charge in [0, 0.05) is 22.5 Å². The summed E-state index contributed by atoms with van der Waals surface area (Å²) in [7, 11) is 0. The molecule has 1 atom stereocenters. The van der Waals surface area contributed by atoms with Crippen LogP contribution < -0.4 is 5.32 Å². The number of aromatic nitrogens is 1. The van der Waals surface area contributed by atoms with Crippen molar-refractivity contribution in [2.45, 2.75) is 33.2 Å². The molecule has 2 nitrogen and oxygen atoms in total. The first-order valence-electron chi connectivity index (χ1n) is 7.01. The molecule has 1 heterocycles. The van der Waals surface area contributed by atoms with Crippen LogP contribution in [0.5, 0.6) is 0 Å². The quantitative estimate of drug-likeness (QED) is 0.890. The van der Waals surface area contributed by atoms with Crippen LogP contribution in [0.2, 0.25) is 5.02 Å². The molecule has 2 rings (SSSR count). The number of nitrogens with one attached hydrogen (secondary N) is 1. The first kappa shape index (κ1) is 15.0. The van der Waals surface area contributed by atoms with Crippen molar-refractivity contribution in [2.75, 3.05) is 6.54 Å². The fraction of sp³-hybridized carbons (Fsp3) is 0.353. The Morgan fingerprint density at radius 1 is 1.10 bits per heavy atom. The zero-order valence-electron chi connectivity index (χ0n) is 12.3. The smallest absolute Gasteiger partial charge is 0.0406 e. The van der Waals surface area contributed by atoms with Gasteiger partial charge in [-0.2, -0.15) is 0 Å². The monoisotopic (exact) mass is 288 g/mol. The van der Waals surface area contributed by atoms with E-state index in [1.165, 1.54) is 11.1 Å². The third kappa shape index (κ3) is 4.06. The minimum atomic E-state index is 0.307. The van der Waals surface area contributed by atoms with Crippen LogP contribution in [0.3, 0.4) is 0 Å². The van der Waals surface area contributed by atoms with E-state index in [0.29, 0.717) is 6.04 Å². The molecule has 0 saturated carbocycles. The topological polar surface area (TPSA) is 24.9 Å². The van der Waals surface area contributed by atoms with Gasteiger partial charge in [-0.15, -0.1) is 0 Å². The van der Waals surface area contributed by atoms with Crippen molar-refractivity contribution in [2.24, 2.45) is 0 Å². The summed E-state index contributed by atoms with van der Waals surface area (Å²) < 4.78 is 0. The molecule has 1 unspecified atom stereocenters. The number of aryl methyl sites for hydroxylation is 2. The molecule has 0 radical (unpaired) electrons. The molecule has 0 spiro atoms. The predicted molar refractivity (Wildman–Crippen MR) is 85.3 cm³/mol. The molecular weight excluding hydrogens is 268 g/mol. The third-order valence-corrected chi connectivity index (χ3v) is 3.56. The van der Waals surface area contributed by atoms with Gasteiger partial charge in [0.25, 0.3) is 0 Å². The van der Waals surface area contributed by atoms with Crippen LogP contribution in [-0.4, -0.2) is 11.5 Å². The fourth-order valence-corrected chi connectivity index (χ4v) is 2.60. The summed E-state index contributed by atoms with van der Waals surface area (Å²) in [4.78, 5) is 4.45. The summed E-state index contributed by atoms with van der Waals surface area (Å²) in [6.45, 7) is 7.16. The summed E-state index contributed by atoms with van der Waals surface area (Å²) in [6.07, 6.45) is 0.952. The van der Waals surface area contributed by atoms with E-state index in [1.807, 2.05) is 26.0 Å². The highest BCUT2D eigenvalue weighted by atomic mass is 35.5. The molecular formula is C17H21ClN2. The van der Waals surface area contributed by atoms with Crippen molar-refractivity contribution < 1.29 is 0 Å². The van der Waals surface area contributed by atoms with Gasteiger partial charge in [0.2, 0.25) is 0 Å². The second-order valence-electron chi connectivity index (χ2n) is 5.12. The molecule has 0 aliphatic heterocycles. The third-order valence-electron chi connectivity index (χ3n) is 3.31. The van der Waals surface area contributed by atoms with Gasteiger partial charge in [-0.05, 0) is 62.2 Å². The maximum absolute atomic E-state index is 5.94. The molecule has 1 aromatic heterocycles. The largest absolute Gasteiger partial charge is 0.310 e. The van der Waals surface area contributed by atoms with Gasteiger partial charge in [-0.3, -0.25) is 4.98 Å². The molecule has 0 saturated heterocycles. The molecule has 1 aromatic carbocycles. The molecule has 0 bridgehead atoms. The lowest BCUT2D eigenvalue weighted by atomic mass is 9.98. The first-order valence-corrected chi connectivity index (χ1v) is 7.39. The summed E-state index contributed by atoms with van der Waals surface area (Å²) in [5, 5.41) is 4.34. The maximum atomic E-state index is 5.94. The molecule has 0 aliphatic rings. The Balaban J connectivity index is 2.23. The Labute approximate surface area is 126 Å². The average molecular weight is 289 g/mol. The average Bonchev–Trinajstić information content (AvgIpc) is 2.39. The van der Waals surface area contributed by atoms with Gasteiger partial charge in [-0.1, -0.05) is 30.7 Å². The van der Waals surface area contributed by atoms with E-state index in [0.717, 1.165) is 29.4 Å². The van der Waals surface area contributed by atoms with Crippen LogP contribution in [0.15, 0.2) is 36.4 Å². The number of halogens is 1. The molecule has 1 N–H and O–H groups in total. The maximum Gasteiger partial charge on any atom is 0.0406 e. The van der Waals surface area contributed by atoms with Crippen LogP contribution in [0.25, 0.3) is 0 Å². The van der Waals surface area contributed by atoms with Gasteiger partial charge >= 0.3 is 0 Å². The van der Waals surface area contributed by atoms with E-state index < -0.39 is 0 Å². The SMILES string of the molecule is CCNC(Cc1ccc(Cl)cc1)c1cc(C)nc(C)c1. The zero-order valence-corrected chi connectivity index (χ0v) is 13.0. The van der Waals surface area contributed by atoms with Gasteiger partial charge in [-0.25, -0.2) is 0 Å². The van der Waals surface area contributed by atoms with Crippen molar-refractivity contribution in [1.82, 2.24) is 10.3 Å². The van der Waals surface area contributed by atoms with Crippen LogP contribution in [-0.2, 0) is 6.42 Å². The van der Waals surface area contributed by atoms with Crippen molar-refractivity contribution in [3.8, 4) is 0 Å². The van der Waals surface area contributed by atoms with E-state index in [-0.39, 0.29) is 0 Å². The lowest BCUT2D eigenvalue weighted by Gasteiger charge is -2.19. The Bertz CT molecular complexity index is 543. The van der Waals surface area contributed by atoms with Gasteiger partial charge in [0.1, 0.15) is 0 Å². The van der Waals surface area contributed by atoms with Crippen LogP contribution in [0.4, 0.5) is 0 Å². The summed E-state index contributed by atoms with van der Waals surface area (Å²) in [5.74, 6) is 0. The summed E-state index contributed by atoms with van der Waals surface area (Å²) in [5.41, 5.74) is 4.72. The summed E-state index contributed by atoms with van der Waals surface area (Å²) >= 11 is 5.94. The standard InChI is InChI=1S/C17H21ClN2/c1-4-19-17(11-14-5-7-16(18)8-6-14)15-9-12(2)20-13(3)10-15/h5-10,17,19H,4,11H2,1-3H3. The lowest BCUT2D eigenvalue weighted by molar-refractivity contribution is 0.548. The molecule has 20 heavy (non-hydrogen) atoms. The highest BCUT2D eigenvalue weighted by Gasteiger charge is 2.12. The van der Waals surface area contributed by atoms with Crippen molar-refractivity contribution >= 4 is 11.6 Å². The highest BCUT2D eigenvalue weighted by Crippen LogP contribution is 2.21. The first-order chi connectivity index (χ1) is 9.58. The molecule has 106 valence electrons. The van der Waals surface area contributed by atoms with Gasteiger partial charge in [0.05, 0.1) is 0 Å². The number of hydrogen-bond acceptors (Lipinski definition) is 2. The Kier molecular flexibility index (Phi) is 5.16.